The number of hydrogen-bond acceptors (Lipinski definition) is 3. The van der Waals surface area contributed by atoms with Crippen molar-refractivity contribution in [1.29, 1.82) is 0 Å². The zero-order valence-electron chi connectivity index (χ0n) is 10.4. The van der Waals surface area contributed by atoms with Gasteiger partial charge < -0.3 is 15.8 Å². The van der Waals surface area contributed by atoms with Crippen LogP contribution in [0.15, 0.2) is 24.3 Å². The SMILES string of the molecule is CCC(CC)(CN)Nc1ccccc1OC. The van der Waals surface area contributed by atoms with Gasteiger partial charge in [-0.3, -0.25) is 0 Å². The van der Waals surface area contributed by atoms with E-state index in [0.29, 0.717) is 6.54 Å². The Hall–Kier alpha value is -1.22. The van der Waals surface area contributed by atoms with Crippen molar-refractivity contribution < 1.29 is 4.74 Å². The van der Waals surface area contributed by atoms with Gasteiger partial charge in [0.15, 0.2) is 0 Å². The summed E-state index contributed by atoms with van der Waals surface area (Å²) in [7, 11) is 1.68. The molecule has 0 amide bonds. The van der Waals surface area contributed by atoms with Crippen molar-refractivity contribution in [3.63, 3.8) is 0 Å². The van der Waals surface area contributed by atoms with Crippen LogP contribution in [0.5, 0.6) is 5.75 Å². The number of methoxy groups -OCH3 is 1. The predicted molar refractivity (Wildman–Crippen MR) is 69.0 cm³/mol. The summed E-state index contributed by atoms with van der Waals surface area (Å²) < 4.78 is 5.32. The van der Waals surface area contributed by atoms with Gasteiger partial charge >= 0.3 is 0 Å². The van der Waals surface area contributed by atoms with E-state index in [4.69, 9.17) is 10.5 Å². The Balaban J connectivity index is 2.93. The molecule has 0 bridgehead atoms. The average Bonchev–Trinajstić information content (AvgIpc) is 2.36. The van der Waals surface area contributed by atoms with Crippen LogP contribution in [0, 0.1) is 0 Å². The third-order valence-electron chi connectivity index (χ3n) is 3.25. The molecule has 16 heavy (non-hydrogen) atoms. The van der Waals surface area contributed by atoms with E-state index in [-0.39, 0.29) is 5.54 Å². The fourth-order valence-corrected chi connectivity index (χ4v) is 1.80. The van der Waals surface area contributed by atoms with Crippen LogP contribution >= 0.6 is 0 Å². The molecule has 3 heteroatoms. The minimum absolute atomic E-state index is 0.0331. The molecule has 0 radical (unpaired) electrons. The lowest BCUT2D eigenvalue weighted by molar-refractivity contribution is 0.407. The lowest BCUT2D eigenvalue weighted by Gasteiger charge is -2.33. The highest BCUT2D eigenvalue weighted by molar-refractivity contribution is 5.57. The van der Waals surface area contributed by atoms with Crippen LogP contribution in [-0.2, 0) is 0 Å². The van der Waals surface area contributed by atoms with Gasteiger partial charge in [-0.2, -0.15) is 0 Å². The molecule has 0 saturated heterocycles. The molecule has 0 unspecified atom stereocenters. The molecule has 0 fully saturated rings. The van der Waals surface area contributed by atoms with E-state index in [9.17, 15) is 0 Å². The Morgan fingerprint density at radius 3 is 2.38 bits per heavy atom. The number of nitrogens with two attached hydrogens (primary N) is 1. The van der Waals surface area contributed by atoms with E-state index in [1.807, 2.05) is 24.3 Å². The Labute approximate surface area is 98.0 Å². The highest BCUT2D eigenvalue weighted by Crippen LogP contribution is 2.28. The van der Waals surface area contributed by atoms with Crippen molar-refractivity contribution in [3.8, 4) is 5.75 Å². The van der Waals surface area contributed by atoms with E-state index in [0.717, 1.165) is 24.3 Å². The van der Waals surface area contributed by atoms with Crippen LogP contribution in [0.2, 0.25) is 0 Å². The molecule has 0 saturated carbocycles. The zero-order chi connectivity index (χ0) is 12.0. The van der Waals surface area contributed by atoms with Crippen LogP contribution in [0.1, 0.15) is 26.7 Å². The second-order valence-electron chi connectivity index (χ2n) is 4.02. The summed E-state index contributed by atoms with van der Waals surface area (Å²) in [6, 6.07) is 7.94. The molecule has 1 aromatic rings. The standard InChI is InChI=1S/C13H22N2O/c1-4-13(5-2,10-14)15-11-8-6-7-9-12(11)16-3/h6-9,15H,4-5,10,14H2,1-3H3. The van der Waals surface area contributed by atoms with Crippen LogP contribution in [-0.4, -0.2) is 19.2 Å². The second kappa shape index (κ2) is 5.75. The third-order valence-corrected chi connectivity index (χ3v) is 3.25. The van der Waals surface area contributed by atoms with Crippen molar-refractivity contribution in [3.05, 3.63) is 24.3 Å². The summed E-state index contributed by atoms with van der Waals surface area (Å²) in [5, 5.41) is 3.51. The largest absolute Gasteiger partial charge is 0.495 e. The number of hydrogen-bond donors (Lipinski definition) is 2. The smallest absolute Gasteiger partial charge is 0.141 e. The van der Waals surface area contributed by atoms with E-state index >= 15 is 0 Å². The van der Waals surface area contributed by atoms with Gasteiger partial charge in [0.05, 0.1) is 12.8 Å². The lowest BCUT2D eigenvalue weighted by atomic mass is 9.92. The molecule has 0 spiro atoms. The minimum atomic E-state index is -0.0331. The van der Waals surface area contributed by atoms with Crippen LogP contribution in [0.25, 0.3) is 0 Å². The second-order valence-corrected chi connectivity index (χ2v) is 4.02. The van der Waals surface area contributed by atoms with Crippen molar-refractivity contribution in [2.45, 2.75) is 32.2 Å². The summed E-state index contributed by atoms with van der Waals surface area (Å²) in [6.45, 7) is 4.93. The highest BCUT2D eigenvalue weighted by atomic mass is 16.5. The summed E-state index contributed by atoms with van der Waals surface area (Å²) >= 11 is 0. The first-order valence-electron chi connectivity index (χ1n) is 5.82. The molecule has 0 aliphatic carbocycles. The van der Waals surface area contributed by atoms with Gasteiger partial charge in [-0.05, 0) is 25.0 Å². The van der Waals surface area contributed by atoms with E-state index in [1.165, 1.54) is 0 Å². The molecule has 0 heterocycles. The number of anilines is 1. The molecule has 0 aromatic heterocycles. The fourth-order valence-electron chi connectivity index (χ4n) is 1.80. The number of benzene rings is 1. The van der Waals surface area contributed by atoms with Crippen LogP contribution in [0.4, 0.5) is 5.69 Å². The quantitative estimate of drug-likeness (QED) is 0.778. The molecule has 0 aliphatic rings. The predicted octanol–water partition coefficient (Wildman–Crippen LogP) is 2.62. The summed E-state index contributed by atoms with van der Waals surface area (Å²) in [4.78, 5) is 0. The van der Waals surface area contributed by atoms with Gasteiger partial charge in [-0.15, -0.1) is 0 Å². The first kappa shape index (κ1) is 12.8. The van der Waals surface area contributed by atoms with E-state index in [1.54, 1.807) is 7.11 Å². The monoisotopic (exact) mass is 222 g/mol. The maximum Gasteiger partial charge on any atom is 0.141 e. The number of rotatable bonds is 6. The number of para-hydroxylation sites is 2. The zero-order valence-corrected chi connectivity index (χ0v) is 10.4. The van der Waals surface area contributed by atoms with Gasteiger partial charge in [-0.1, -0.05) is 26.0 Å². The summed E-state index contributed by atoms with van der Waals surface area (Å²) in [5.41, 5.74) is 6.84. The third kappa shape index (κ3) is 2.67. The van der Waals surface area contributed by atoms with Gasteiger partial charge in [0.25, 0.3) is 0 Å². The Bertz CT molecular complexity index is 313. The van der Waals surface area contributed by atoms with Crippen LogP contribution in [0.3, 0.4) is 0 Å². The molecule has 1 aromatic carbocycles. The Morgan fingerprint density at radius 2 is 1.88 bits per heavy atom. The number of ether oxygens (including phenoxy) is 1. The molecule has 3 N–H and O–H groups in total. The van der Waals surface area contributed by atoms with Crippen molar-refractivity contribution in [1.82, 2.24) is 0 Å². The molecule has 1 rings (SSSR count). The van der Waals surface area contributed by atoms with Gasteiger partial charge in [0.2, 0.25) is 0 Å². The highest BCUT2D eigenvalue weighted by Gasteiger charge is 2.24. The van der Waals surface area contributed by atoms with Crippen molar-refractivity contribution >= 4 is 5.69 Å². The maximum absolute atomic E-state index is 5.86. The maximum atomic E-state index is 5.86. The Kier molecular flexibility index (Phi) is 4.62. The molecular formula is C13H22N2O. The van der Waals surface area contributed by atoms with E-state index in [2.05, 4.69) is 19.2 Å². The summed E-state index contributed by atoms with van der Waals surface area (Å²) in [6.07, 6.45) is 2.00. The van der Waals surface area contributed by atoms with Gasteiger partial charge in [0.1, 0.15) is 5.75 Å². The number of nitrogens with one attached hydrogen (secondary N) is 1. The normalized spacial score (nSPS) is 11.2. The minimum Gasteiger partial charge on any atom is -0.495 e. The molecule has 0 aliphatic heterocycles. The first-order valence-corrected chi connectivity index (χ1v) is 5.82. The molecule has 3 nitrogen and oxygen atoms in total. The average molecular weight is 222 g/mol. The van der Waals surface area contributed by atoms with Crippen LogP contribution < -0.4 is 15.8 Å². The Morgan fingerprint density at radius 1 is 1.25 bits per heavy atom. The lowest BCUT2D eigenvalue weighted by Crippen LogP contribution is -2.44. The van der Waals surface area contributed by atoms with Gasteiger partial charge in [-0.25, -0.2) is 0 Å². The molecular weight excluding hydrogens is 200 g/mol. The van der Waals surface area contributed by atoms with E-state index < -0.39 is 0 Å². The topological polar surface area (TPSA) is 47.3 Å². The van der Waals surface area contributed by atoms with Crippen molar-refractivity contribution in [2.75, 3.05) is 19.0 Å². The van der Waals surface area contributed by atoms with Gasteiger partial charge in [0, 0.05) is 12.1 Å². The molecule has 90 valence electrons. The summed E-state index contributed by atoms with van der Waals surface area (Å²) in [5.74, 6) is 0.863. The molecule has 0 atom stereocenters. The fraction of sp³-hybridized carbons (Fsp3) is 0.538. The first-order chi connectivity index (χ1) is 7.71. The van der Waals surface area contributed by atoms with Crippen molar-refractivity contribution in [2.24, 2.45) is 5.73 Å².